The lowest BCUT2D eigenvalue weighted by molar-refractivity contribution is -0.137. The minimum Gasteiger partial charge on any atom is -0.383 e. The van der Waals surface area contributed by atoms with Crippen LogP contribution in [0.25, 0.3) is 4.85 Å². The standard InChI is InChI=1S/C25H25N3O2S/c1-26-20-8-7-19-16-24(11-9-17-5-3-4-6-18(17)10-12-24)25(21(19)15-20)22(29)28(13-14-30-2)23(31)27-25/h3-8,15H,9-14,16H2,2H3,(H,27,31). The van der Waals surface area contributed by atoms with Gasteiger partial charge in [0.15, 0.2) is 10.8 Å². The maximum atomic E-state index is 14.1. The number of aryl methyl sites for hydroxylation is 2. The molecule has 158 valence electrons. The van der Waals surface area contributed by atoms with Gasteiger partial charge < -0.3 is 10.1 Å². The number of fused-ring (bicyclic) bond motifs is 4. The van der Waals surface area contributed by atoms with Gasteiger partial charge in [-0.05, 0) is 66.6 Å². The zero-order chi connectivity index (χ0) is 21.6. The molecule has 1 amide bonds. The average Bonchev–Trinajstić information content (AvgIpc) is 3.10. The van der Waals surface area contributed by atoms with Crippen LogP contribution in [0.5, 0.6) is 0 Å². The van der Waals surface area contributed by atoms with Crippen molar-refractivity contribution in [1.29, 1.82) is 0 Å². The molecule has 1 heterocycles. The van der Waals surface area contributed by atoms with Gasteiger partial charge in [-0.25, -0.2) is 4.85 Å². The summed E-state index contributed by atoms with van der Waals surface area (Å²) in [6, 6.07) is 14.4. The van der Waals surface area contributed by atoms with Crippen molar-refractivity contribution < 1.29 is 9.53 Å². The van der Waals surface area contributed by atoms with Crippen molar-refractivity contribution >= 4 is 28.9 Å². The van der Waals surface area contributed by atoms with E-state index in [1.165, 1.54) is 11.1 Å². The molecule has 6 heteroatoms. The zero-order valence-corrected chi connectivity index (χ0v) is 18.4. The molecule has 0 aromatic heterocycles. The lowest BCUT2D eigenvalue weighted by Gasteiger charge is -2.42. The molecule has 2 spiro atoms. The number of amides is 1. The predicted molar refractivity (Wildman–Crippen MR) is 123 cm³/mol. The maximum absolute atomic E-state index is 14.1. The highest BCUT2D eigenvalue weighted by molar-refractivity contribution is 7.80. The lowest BCUT2D eigenvalue weighted by atomic mass is 9.65. The molecular formula is C25H25N3O2S. The molecule has 1 saturated heterocycles. The topological polar surface area (TPSA) is 45.9 Å². The largest absolute Gasteiger partial charge is 0.383 e. The SMILES string of the molecule is [C-]#[N+]c1ccc2c(c1)C1(NC(=S)N(CCOC)C1=O)C1(CCc3ccccc3CC1)C2. The van der Waals surface area contributed by atoms with E-state index in [1.807, 2.05) is 18.2 Å². The quantitative estimate of drug-likeness (QED) is 0.591. The first-order chi connectivity index (χ1) is 15.0. The number of carbonyl (C=O) groups is 1. The number of rotatable bonds is 3. The van der Waals surface area contributed by atoms with Crippen LogP contribution >= 0.6 is 12.2 Å². The van der Waals surface area contributed by atoms with Crippen molar-refractivity contribution in [1.82, 2.24) is 10.2 Å². The smallest absolute Gasteiger partial charge is 0.259 e. The highest BCUT2D eigenvalue weighted by Crippen LogP contribution is 2.59. The highest BCUT2D eigenvalue weighted by Gasteiger charge is 2.66. The molecule has 31 heavy (non-hydrogen) atoms. The van der Waals surface area contributed by atoms with Gasteiger partial charge in [-0.1, -0.05) is 42.5 Å². The molecule has 5 nitrogen and oxygen atoms in total. The Kier molecular flexibility index (Phi) is 4.84. The Labute approximate surface area is 188 Å². The zero-order valence-electron chi connectivity index (χ0n) is 17.6. The van der Waals surface area contributed by atoms with E-state index in [9.17, 15) is 4.79 Å². The van der Waals surface area contributed by atoms with Crippen LogP contribution in [0.4, 0.5) is 5.69 Å². The molecule has 0 saturated carbocycles. The first-order valence-corrected chi connectivity index (χ1v) is 11.2. The number of hydrogen-bond donors (Lipinski definition) is 1. The first-order valence-electron chi connectivity index (χ1n) is 10.8. The van der Waals surface area contributed by atoms with Crippen LogP contribution < -0.4 is 5.32 Å². The van der Waals surface area contributed by atoms with Crippen LogP contribution in [0.2, 0.25) is 0 Å². The summed E-state index contributed by atoms with van der Waals surface area (Å²) >= 11 is 5.66. The van der Waals surface area contributed by atoms with Crippen molar-refractivity contribution in [3.63, 3.8) is 0 Å². The molecule has 1 aliphatic heterocycles. The molecule has 2 aliphatic carbocycles. The van der Waals surface area contributed by atoms with Crippen LogP contribution in [-0.2, 0) is 34.3 Å². The lowest BCUT2D eigenvalue weighted by Crippen LogP contribution is -2.55. The second kappa shape index (κ2) is 7.44. The molecule has 3 aliphatic rings. The molecule has 2 aromatic carbocycles. The summed E-state index contributed by atoms with van der Waals surface area (Å²) in [6.07, 6.45) is 4.47. The second-order valence-electron chi connectivity index (χ2n) is 8.81. The van der Waals surface area contributed by atoms with Gasteiger partial charge in [-0.2, -0.15) is 0 Å². The van der Waals surface area contributed by atoms with E-state index in [-0.39, 0.29) is 11.3 Å². The van der Waals surface area contributed by atoms with Crippen molar-refractivity contribution in [3.05, 3.63) is 76.1 Å². The minimum atomic E-state index is -0.921. The van der Waals surface area contributed by atoms with E-state index in [0.717, 1.165) is 43.2 Å². The summed E-state index contributed by atoms with van der Waals surface area (Å²) in [4.78, 5) is 19.4. The Morgan fingerprint density at radius 3 is 2.52 bits per heavy atom. The monoisotopic (exact) mass is 431 g/mol. The van der Waals surface area contributed by atoms with Crippen molar-refractivity contribution in [2.24, 2.45) is 5.41 Å². The van der Waals surface area contributed by atoms with E-state index < -0.39 is 5.54 Å². The normalized spacial score (nSPS) is 23.4. The number of carbonyl (C=O) groups excluding carboxylic acids is 1. The summed E-state index contributed by atoms with van der Waals surface area (Å²) in [5.74, 6) is 0.00128. The fourth-order valence-corrected chi connectivity index (χ4v) is 6.22. The third-order valence-electron chi connectivity index (χ3n) is 7.44. The van der Waals surface area contributed by atoms with Crippen molar-refractivity contribution in [2.75, 3.05) is 20.3 Å². The third-order valence-corrected chi connectivity index (χ3v) is 7.76. The summed E-state index contributed by atoms with van der Waals surface area (Å²) in [5.41, 5.74) is 4.17. The Hall–Kier alpha value is -2.75. The maximum Gasteiger partial charge on any atom is 0.259 e. The van der Waals surface area contributed by atoms with Gasteiger partial charge >= 0.3 is 0 Å². The van der Waals surface area contributed by atoms with Crippen molar-refractivity contribution in [2.45, 2.75) is 37.6 Å². The fraction of sp³-hybridized carbons (Fsp3) is 0.400. The number of ether oxygens (including phenoxy) is 1. The number of nitrogens with one attached hydrogen (secondary N) is 1. The van der Waals surface area contributed by atoms with E-state index >= 15 is 0 Å². The third kappa shape index (κ3) is 2.84. The van der Waals surface area contributed by atoms with E-state index in [0.29, 0.717) is 24.0 Å². The molecule has 1 fully saturated rings. The van der Waals surface area contributed by atoms with E-state index in [4.69, 9.17) is 23.5 Å². The summed E-state index contributed by atoms with van der Waals surface area (Å²) in [6.45, 7) is 8.37. The molecule has 1 N–H and O–H groups in total. The van der Waals surface area contributed by atoms with Gasteiger partial charge in [-0.15, -0.1) is 0 Å². The van der Waals surface area contributed by atoms with Gasteiger partial charge in [0.05, 0.1) is 19.7 Å². The number of methoxy groups -OCH3 is 1. The molecule has 1 unspecified atom stereocenters. The van der Waals surface area contributed by atoms with Crippen LogP contribution in [0, 0.1) is 12.0 Å². The van der Waals surface area contributed by atoms with Crippen LogP contribution in [0.15, 0.2) is 42.5 Å². The average molecular weight is 432 g/mol. The van der Waals surface area contributed by atoms with Crippen LogP contribution in [0.1, 0.15) is 35.1 Å². The van der Waals surface area contributed by atoms with E-state index in [2.05, 4.69) is 34.4 Å². The van der Waals surface area contributed by atoms with Crippen LogP contribution in [-0.4, -0.2) is 36.2 Å². The summed E-state index contributed by atoms with van der Waals surface area (Å²) < 4.78 is 5.24. The fourth-order valence-electron chi connectivity index (χ4n) is 5.89. The number of hydrogen-bond acceptors (Lipinski definition) is 3. The van der Waals surface area contributed by atoms with Gasteiger partial charge in [0.1, 0.15) is 5.54 Å². The Bertz CT molecular complexity index is 1090. The predicted octanol–water partition coefficient (Wildman–Crippen LogP) is 3.92. The van der Waals surface area contributed by atoms with Gasteiger partial charge in [0.2, 0.25) is 0 Å². The number of thiocarbonyl (C=S) groups is 1. The Balaban J connectivity index is 1.65. The van der Waals surface area contributed by atoms with E-state index in [1.54, 1.807) is 12.0 Å². The minimum absolute atomic E-state index is 0.00128. The number of benzene rings is 2. The molecule has 0 bridgehead atoms. The summed E-state index contributed by atoms with van der Waals surface area (Å²) in [5, 5.41) is 3.97. The molecule has 5 rings (SSSR count). The molecule has 0 radical (unpaired) electrons. The van der Waals surface area contributed by atoms with Crippen LogP contribution in [0.3, 0.4) is 0 Å². The Morgan fingerprint density at radius 2 is 1.87 bits per heavy atom. The van der Waals surface area contributed by atoms with Crippen molar-refractivity contribution in [3.8, 4) is 0 Å². The molecule has 2 aromatic rings. The van der Waals surface area contributed by atoms with Gasteiger partial charge in [0, 0.05) is 12.5 Å². The van der Waals surface area contributed by atoms with Gasteiger partial charge in [0.25, 0.3) is 5.91 Å². The second-order valence-corrected chi connectivity index (χ2v) is 9.20. The molecule has 1 atom stereocenters. The number of nitrogens with zero attached hydrogens (tertiary/aromatic N) is 2. The summed E-state index contributed by atoms with van der Waals surface area (Å²) in [7, 11) is 1.63. The first kappa shape index (κ1) is 20.2. The molecular weight excluding hydrogens is 406 g/mol. The Morgan fingerprint density at radius 1 is 1.16 bits per heavy atom. The van der Waals surface area contributed by atoms with Gasteiger partial charge in [-0.3, -0.25) is 9.69 Å². The highest BCUT2D eigenvalue weighted by atomic mass is 32.1.